The Morgan fingerprint density at radius 2 is 1.55 bits per heavy atom. The fraction of sp³-hybridized carbons (Fsp3) is 0.235. The third kappa shape index (κ3) is 3.95. The Morgan fingerprint density at radius 3 is 2.05 bits per heavy atom. The van der Waals surface area contributed by atoms with Crippen LogP contribution >= 0.6 is 0 Å². The quantitative estimate of drug-likeness (QED) is 0.943. The van der Waals surface area contributed by atoms with Crippen molar-refractivity contribution in [2.75, 3.05) is 6.26 Å². The van der Waals surface area contributed by atoms with Crippen molar-refractivity contribution in [2.45, 2.75) is 24.8 Å². The van der Waals surface area contributed by atoms with Crippen molar-refractivity contribution in [3.05, 3.63) is 65.2 Å². The molecule has 1 amide bonds. The number of amides is 1. The smallest absolute Gasteiger partial charge is 0.251 e. The van der Waals surface area contributed by atoms with Gasteiger partial charge < -0.3 is 5.32 Å². The van der Waals surface area contributed by atoms with Crippen molar-refractivity contribution in [1.29, 1.82) is 0 Å². The molecule has 0 aliphatic rings. The van der Waals surface area contributed by atoms with E-state index in [1.165, 1.54) is 6.26 Å². The summed E-state index contributed by atoms with van der Waals surface area (Å²) in [5.41, 5.74) is 2.55. The second-order valence-corrected chi connectivity index (χ2v) is 7.42. The number of aryl methyl sites for hydroxylation is 1. The molecule has 2 aromatic rings. The molecule has 2 aromatic carbocycles. The van der Waals surface area contributed by atoms with Crippen LogP contribution in [0.5, 0.6) is 0 Å². The van der Waals surface area contributed by atoms with Crippen LogP contribution in [-0.2, 0) is 9.84 Å². The predicted octanol–water partition coefficient (Wildman–Crippen LogP) is 2.89. The lowest BCUT2D eigenvalue weighted by atomic mass is 10.1. The van der Waals surface area contributed by atoms with Crippen molar-refractivity contribution in [3.8, 4) is 0 Å². The van der Waals surface area contributed by atoms with E-state index in [-0.39, 0.29) is 16.8 Å². The third-order valence-corrected chi connectivity index (χ3v) is 4.60. The molecule has 0 aliphatic carbocycles. The maximum atomic E-state index is 12.2. The van der Waals surface area contributed by atoms with Gasteiger partial charge in [-0.15, -0.1) is 0 Å². The summed E-state index contributed by atoms with van der Waals surface area (Å²) in [6, 6.07) is 13.7. The van der Waals surface area contributed by atoms with Crippen LogP contribution in [-0.4, -0.2) is 20.6 Å². The van der Waals surface area contributed by atoms with Gasteiger partial charge in [0.25, 0.3) is 5.91 Å². The van der Waals surface area contributed by atoms with Crippen molar-refractivity contribution >= 4 is 15.7 Å². The molecule has 0 radical (unpaired) electrons. The monoisotopic (exact) mass is 317 g/mol. The van der Waals surface area contributed by atoms with Gasteiger partial charge in [-0.25, -0.2) is 8.42 Å². The van der Waals surface area contributed by atoms with Gasteiger partial charge in [-0.3, -0.25) is 4.79 Å². The predicted molar refractivity (Wildman–Crippen MR) is 86.6 cm³/mol. The van der Waals surface area contributed by atoms with E-state index >= 15 is 0 Å². The molecular formula is C17H19NO3S. The van der Waals surface area contributed by atoms with Crippen LogP contribution in [0.3, 0.4) is 0 Å². The van der Waals surface area contributed by atoms with Crippen LogP contribution in [0.25, 0.3) is 0 Å². The van der Waals surface area contributed by atoms with Crippen molar-refractivity contribution in [3.63, 3.8) is 0 Å². The zero-order valence-corrected chi connectivity index (χ0v) is 13.6. The second kappa shape index (κ2) is 6.32. The van der Waals surface area contributed by atoms with Crippen LogP contribution in [0.4, 0.5) is 0 Å². The van der Waals surface area contributed by atoms with Crippen molar-refractivity contribution in [2.24, 2.45) is 0 Å². The lowest BCUT2D eigenvalue weighted by Crippen LogP contribution is -2.26. The first-order valence-electron chi connectivity index (χ1n) is 6.95. The Morgan fingerprint density at radius 1 is 1.00 bits per heavy atom. The lowest BCUT2D eigenvalue weighted by molar-refractivity contribution is 0.0940. The zero-order chi connectivity index (χ0) is 16.3. The van der Waals surface area contributed by atoms with E-state index in [2.05, 4.69) is 5.32 Å². The standard InChI is InChI=1S/C17H19NO3S/c1-12-4-6-15(7-5-12)17(19)18-13(2)14-8-10-16(11-9-14)22(3,20)21/h4-11,13H,1-3H3,(H,18,19). The van der Waals surface area contributed by atoms with Gasteiger partial charge in [0.15, 0.2) is 9.84 Å². The number of rotatable bonds is 4. The Labute approximate surface area is 131 Å². The minimum absolute atomic E-state index is 0.153. The van der Waals surface area contributed by atoms with Crippen LogP contribution in [0.15, 0.2) is 53.4 Å². The largest absolute Gasteiger partial charge is 0.346 e. The molecule has 0 spiro atoms. The van der Waals surface area contributed by atoms with E-state index in [1.54, 1.807) is 36.4 Å². The second-order valence-electron chi connectivity index (χ2n) is 5.40. The highest BCUT2D eigenvalue weighted by Gasteiger charge is 2.13. The third-order valence-electron chi connectivity index (χ3n) is 3.47. The molecule has 116 valence electrons. The van der Waals surface area contributed by atoms with Gasteiger partial charge in [0.1, 0.15) is 0 Å². The van der Waals surface area contributed by atoms with E-state index in [4.69, 9.17) is 0 Å². The van der Waals surface area contributed by atoms with E-state index in [0.717, 1.165) is 11.1 Å². The Balaban J connectivity index is 2.10. The molecular weight excluding hydrogens is 298 g/mol. The molecule has 0 aromatic heterocycles. The Bertz CT molecular complexity index is 763. The first-order valence-corrected chi connectivity index (χ1v) is 8.84. The van der Waals surface area contributed by atoms with E-state index in [9.17, 15) is 13.2 Å². The summed E-state index contributed by atoms with van der Waals surface area (Å²) < 4.78 is 22.9. The molecule has 0 saturated carbocycles. The molecule has 1 N–H and O–H groups in total. The first kappa shape index (κ1) is 16.2. The fourth-order valence-electron chi connectivity index (χ4n) is 2.07. The van der Waals surface area contributed by atoms with Gasteiger partial charge in [0, 0.05) is 11.8 Å². The van der Waals surface area contributed by atoms with E-state index in [0.29, 0.717) is 5.56 Å². The van der Waals surface area contributed by atoms with E-state index in [1.807, 2.05) is 26.0 Å². The van der Waals surface area contributed by atoms with Gasteiger partial charge in [-0.1, -0.05) is 29.8 Å². The minimum atomic E-state index is -3.20. The van der Waals surface area contributed by atoms with Crippen LogP contribution < -0.4 is 5.32 Å². The summed E-state index contributed by atoms with van der Waals surface area (Å²) in [7, 11) is -3.20. The number of carbonyl (C=O) groups excluding carboxylic acids is 1. The molecule has 22 heavy (non-hydrogen) atoms. The minimum Gasteiger partial charge on any atom is -0.346 e. The summed E-state index contributed by atoms with van der Waals surface area (Å²) in [6.07, 6.45) is 1.17. The molecule has 0 heterocycles. The molecule has 0 fully saturated rings. The summed E-state index contributed by atoms with van der Waals surface area (Å²) in [6.45, 7) is 3.83. The number of nitrogens with one attached hydrogen (secondary N) is 1. The molecule has 0 bridgehead atoms. The molecule has 4 nitrogen and oxygen atoms in total. The number of hydrogen-bond acceptors (Lipinski definition) is 3. The topological polar surface area (TPSA) is 63.2 Å². The van der Waals surface area contributed by atoms with Crippen molar-refractivity contribution < 1.29 is 13.2 Å². The zero-order valence-electron chi connectivity index (χ0n) is 12.8. The highest BCUT2D eigenvalue weighted by Crippen LogP contribution is 2.17. The van der Waals surface area contributed by atoms with Crippen LogP contribution in [0.2, 0.25) is 0 Å². The lowest BCUT2D eigenvalue weighted by Gasteiger charge is -2.15. The molecule has 1 atom stereocenters. The Kier molecular flexibility index (Phi) is 4.66. The number of benzene rings is 2. The molecule has 0 aliphatic heterocycles. The number of sulfone groups is 1. The van der Waals surface area contributed by atoms with Crippen LogP contribution in [0.1, 0.15) is 34.5 Å². The summed E-state index contributed by atoms with van der Waals surface area (Å²) >= 11 is 0. The maximum Gasteiger partial charge on any atom is 0.251 e. The summed E-state index contributed by atoms with van der Waals surface area (Å²) in [5.74, 6) is -0.153. The van der Waals surface area contributed by atoms with Gasteiger partial charge in [0.2, 0.25) is 0 Å². The number of hydrogen-bond donors (Lipinski definition) is 1. The molecule has 0 saturated heterocycles. The van der Waals surface area contributed by atoms with E-state index < -0.39 is 9.84 Å². The number of carbonyl (C=O) groups is 1. The SMILES string of the molecule is Cc1ccc(C(=O)NC(C)c2ccc(S(C)(=O)=O)cc2)cc1. The van der Waals surface area contributed by atoms with Gasteiger partial charge in [-0.2, -0.15) is 0 Å². The summed E-state index contributed by atoms with van der Waals surface area (Å²) in [4.78, 5) is 12.4. The highest BCUT2D eigenvalue weighted by molar-refractivity contribution is 7.90. The molecule has 2 rings (SSSR count). The van der Waals surface area contributed by atoms with Gasteiger partial charge >= 0.3 is 0 Å². The summed E-state index contributed by atoms with van der Waals surface area (Å²) in [5, 5.41) is 2.90. The van der Waals surface area contributed by atoms with Gasteiger partial charge in [0.05, 0.1) is 10.9 Å². The highest BCUT2D eigenvalue weighted by atomic mass is 32.2. The normalized spacial score (nSPS) is 12.7. The van der Waals surface area contributed by atoms with Gasteiger partial charge in [-0.05, 0) is 43.7 Å². The first-order chi connectivity index (χ1) is 10.3. The maximum absolute atomic E-state index is 12.2. The average molecular weight is 317 g/mol. The fourth-order valence-corrected chi connectivity index (χ4v) is 2.70. The average Bonchev–Trinajstić information content (AvgIpc) is 2.47. The van der Waals surface area contributed by atoms with Crippen molar-refractivity contribution in [1.82, 2.24) is 5.32 Å². The van der Waals surface area contributed by atoms with Crippen LogP contribution in [0, 0.1) is 6.92 Å². The molecule has 1 unspecified atom stereocenters. The Hall–Kier alpha value is -2.14. The molecule has 5 heteroatoms.